The molecule has 34 heavy (non-hydrogen) atoms. The molecule has 0 spiro atoms. The lowest BCUT2D eigenvalue weighted by Crippen LogP contribution is -2.24. The summed E-state index contributed by atoms with van der Waals surface area (Å²) in [6, 6.07) is 16.3. The Morgan fingerprint density at radius 1 is 0.882 bits per heavy atom. The first-order chi connectivity index (χ1) is 16.6. The van der Waals surface area contributed by atoms with E-state index in [4.69, 9.17) is 4.98 Å². The second-order valence-electron chi connectivity index (χ2n) is 9.53. The number of amides is 1. The van der Waals surface area contributed by atoms with Crippen molar-refractivity contribution in [3.63, 3.8) is 0 Å². The van der Waals surface area contributed by atoms with Crippen molar-refractivity contribution < 1.29 is 4.79 Å². The number of aryl methyl sites for hydroxylation is 1. The lowest BCUT2D eigenvalue weighted by Gasteiger charge is -2.21. The van der Waals surface area contributed by atoms with Gasteiger partial charge in [-0.05, 0) is 74.4 Å². The van der Waals surface area contributed by atoms with Crippen molar-refractivity contribution in [2.24, 2.45) is 0 Å². The molecule has 0 atom stereocenters. The Morgan fingerprint density at radius 3 is 2.38 bits per heavy atom. The molecule has 180 valence electrons. The van der Waals surface area contributed by atoms with E-state index < -0.39 is 0 Å². The lowest BCUT2D eigenvalue weighted by molar-refractivity contribution is 0.0953. The number of carbonyl (C=O) groups is 1. The Labute approximate surface area is 204 Å². The van der Waals surface area contributed by atoms with Crippen LogP contribution in [0.5, 0.6) is 0 Å². The Hall–Kier alpha value is -3.08. The summed E-state index contributed by atoms with van der Waals surface area (Å²) < 4.78 is 0. The van der Waals surface area contributed by atoms with Crippen LogP contribution in [0.2, 0.25) is 0 Å². The minimum atomic E-state index is 0.0161. The first-order valence-electron chi connectivity index (χ1n) is 12.8. The maximum absolute atomic E-state index is 12.3. The number of nitrogens with one attached hydrogen (secondary N) is 2. The van der Waals surface area contributed by atoms with Crippen molar-refractivity contribution in [2.45, 2.75) is 57.8 Å². The minimum Gasteiger partial charge on any atom is -0.384 e. The molecule has 1 aromatic heterocycles. The Bertz CT molecular complexity index is 1090. The number of hydrogen-bond acceptors (Lipinski definition) is 4. The van der Waals surface area contributed by atoms with Crippen LogP contribution in [0.4, 0.5) is 11.4 Å². The summed E-state index contributed by atoms with van der Waals surface area (Å²) in [6.07, 6.45) is 10.5. The zero-order chi connectivity index (χ0) is 23.8. The van der Waals surface area contributed by atoms with Gasteiger partial charge in [-0.15, -0.1) is 0 Å². The van der Waals surface area contributed by atoms with Crippen molar-refractivity contribution in [3.8, 4) is 0 Å². The van der Waals surface area contributed by atoms with E-state index in [2.05, 4.69) is 34.9 Å². The number of aromatic nitrogens is 1. The Kier molecular flexibility index (Phi) is 8.40. The van der Waals surface area contributed by atoms with Crippen molar-refractivity contribution in [1.82, 2.24) is 10.3 Å². The molecule has 0 unspecified atom stereocenters. The molecule has 1 aliphatic rings. The van der Waals surface area contributed by atoms with E-state index in [1.165, 1.54) is 48.0 Å². The molecule has 0 saturated carbocycles. The van der Waals surface area contributed by atoms with Crippen LogP contribution >= 0.6 is 0 Å². The molecule has 1 amide bonds. The number of benzene rings is 2. The third kappa shape index (κ3) is 6.07. The fraction of sp³-hybridized carbons (Fsp3) is 0.448. The highest BCUT2D eigenvalue weighted by Crippen LogP contribution is 2.33. The largest absolute Gasteiger partial charge is 0.384 e. The van der Waals surface area contributed by atoms with Gasteiger partial charge < -0.3 is 15.5 Å². The highest BCUT2D eigenvalue weighted by Gasteiger charge is 2.17. The van der Waals surface area contributed by atoms with E-state index in [0.29, 0.717) is 0 Å². The number of fused-ring (bicyclic) bond motifs is 2. The third-order valence-corrected chi connectivity index (χ3v) is 6.76. The fourth-order valence-corrected chi connectivity index (χ4v) is 4.78. The van der Waals surface area contributed by atoms with Gasteiger partial charge >= 0.3 is 0 Å². The molecule has 4 rings (SSSR count). The van der Waals surface area contributed by atoms with E-state index in [1.807, 2.05) is 43.3 Å². The summed E-state index contributed by atoms with van der Waals surface area (Å²) in [5, 5.41) is 8.07. The van der Waals surface area contributed by atoms with Gasteiger partial charge in [0.15, 0.2) is 0 Å². The molecule has 2 aromatic carbocycles. The number of hydrogen-bond donors (Lipinski definition) is 2. The molecular formula is C29H38N4O. The Morgan fingerprint density at radius 2 is 1.59 bits per heavy atom. The molecule has 2 N–H and O–H groups in total. The van der Waals surface area contributed by atoms with Crippen molar-refractivity contribution >= 4 is 28.2 Å². The highest BCUT2D eigenvalue weighted by molar-refractivity contribution is 5.94. The van der Waals surface area contributed by atoms with E-state index in [0.717, 1.165) is 62.0 Å². The predicted molar refractivity (Wildman–Crippen MR) is 143 cm³/mol. The van der Waals surface area contributed by atoms with E-state index in [1.54, 1.807) is 0 Å². The van der Waals surface area contributed by atoms with Crippen LogP contribution in [0.15, 0.2) is 48.5 Å². The molecule has 0 saturated heterocycles. The number of rotatable bonds is 11. The van der Waals surface area contributed by atoms with Crippen molar-refractivity contribution in [3.05, 3.63) is 65.4 Å². The van der Waals surface area contributed by atoms with Crippen LogP contribution < -0.4 is 15.5 Å². The summed E-state index contributed by atoms with van der Waals surface area (Å²) in [6.45, 7) is 1.74. The molecule has 1 aliphatic carbocycles. The molecule has 3 aromatic rings. The molecular weight excluding hydrogens is 420 g/mol. The van der Waals surface area contributed by atoms with Crippen LogP contribution in [-0.2, 0) is 12.8 Å². The number of nitrogens with zero attached hydrogens (tertiary/aromatic N) is 2. The zero-order valence-electron chi connectivity index (χ0n) is 20.7. The summed E-state index contributed by atoms with van der Waals surface area (Å²) >= 11 is 0. The summed E-state index contributed by atoms with van der Waals surface area (Å²) in [5.41, 5.74) is 6.99. The second-order valence-corrected chi connectivity index (χ2v) is 9.53. The van der Waals surface area contributed by atoms with Gasteiger partial charge in [0, 0.05) is 55.2 Å². The van der Waals surface area contributed by atoms with E-state index in [9.17, 15) is 4.79 Å². The van der Waals surface area contributed by atoms with Gasteiger partial charge in [0.1, 0.15) is 0 Å². The molecule has 5 nitrogen and oxygen atoms in total. The number of pyridine rings is 1. The maximum Gasteiger partial charge on any atom is 0.251 e. The second kappa shape index (κ2) is 11.9. The van der Waals surface area contributed by atoms with Gasteiger partial charge in [0.05, 0.1) is 5.52 Å². The predicted octanol–water partition coefficient (Wildman–Crippen LogP) is 5.97. The molecule has 0 fully saturated rings. The van der Waals surface area contributed by atoms with Crippen molar-refractivity contribution in [2.75, 3.05) is 37.4 Å². The van der Waals surface area contributed by atoms with Crippen LogP contribution in [0.25, 0.3) is 10.9 Å². The van der Waals surface area contributed by atoms with Gasteiger partial charge in [-0.1, -0.05) is 37.5 Å². The van der Waals surface area contributed by atoms with Gasteiger partial charge in [0.25, 0.3) is 5.91 Å². The topological polar surface area (TPSA) is 57.3 Å². The maximum atomic E-state index is 12.3. The van der Waals surface area contributed by atoms with Gasteiger partial charge in [-0.3, -0.25) is 9.78 Å². The average Bonchev–Trinajstić information content (AvgIpc) is 2.87. The molecule has 0 bridgehead atoms. The average molecular weight is 459 g/mol. The van der Waals surface area contributed by atoms with E-state index >= 15 is 0 Å². The van der Waals surface area contributed by atoms with Crippen molar-refractivity contribution in [1.29, 1.82) is 0 Å². The Balaban J connectivity index is 1.15. The number of unbranched alkanes of at least 4 members (excludes halogenated alkanes) is 4. The van der Waals surface area contributed by atoms with Gasteiger partial charge in [0.2, 0.25) is 0 Å². The number of anilines is 2. The highest BCUT2D eigenvalue weighted by atomic mass is 16.1. The smallest absolute Gasteiger partial charge is 0.251 e. The third-order valence-electron chi connectivity index (χ3n) is 6.76. The van der Waals surface area contributed by atoms with Gasteiger partial charge in [-0.25, -0.2) is 0 Å². The minimum absolute atomic E-state index is 0.0161. The lowest BCUT2D eigenvalue weighted by atomic mass is 9.92. The summed E-state index contributed by atoms with van der Waals surface area (Å²) in [5.74, 6) is 0.0161. The first-order valence-corrected chi connectivity index (χ1v) is 12.8. The summed E-state index contributed by atoms with van der Waals surface area (Å²) in [7, 11) is 4.00. The normalized spacial score (nSPS) is 12.9. The molecule has 5 heteroatoms. The molecule has 0 aliphatic heterocycles. The monoisotopic (exact) mass is 458 g/mol. The van der Waals surface area contributed by atoms with Crippen LogP contribution in [0, 0.1) is 0 Å². The van der Waals surface area contributed by atoms with E-state index in [-0.39, 0.29) is 5.91 Å². The zero-order valence-corrected chi connectivity index (χ0v) is 20.7. The summed E-state index contributed by atoms with van der Waals surface area (Å²) in [4.78, 5) is 19.3. The SMILES string of the molecule is CN(C)c1ccc(C(=O)NCCCCCCCNc2c3c(nc4ccccc24)CCCC3)cc1. The quantitative estimate of drug-likeness (QED) is 0.348. The fourth-order valence-electron chi connectivity index (χ4n) is 4.78. The molecule has 0 radical (unpaired) electrons. The number of carbonyl (C=O) groups excluding carboxylic acids is 1. The van der Waals surface area contributed by atoms with Crippen LogP contribution in [0.1, 0.15) is 66.6 Å². The van der Waals surface area contributed by atoms with Crippen LogP contribution in [-0.4, -0.2) is 38.1 Å². The standard InChI is InChI=1S/C29H38N4O/c1-33(2)23-18-16-22(17-19-23)29(34)31-21-11-5-3-4-10-20-30-28-24-12-6-8-14-26(24)32-27-15-9-7-13-25(27)28/h6,8,12,14,16-19H,3-5,7,9-11,13,15,20-21H2,1-2H3,(H,30,32)(H,31,34). The van der Waals surface area contributed by atoms with Crippen LogP contribution in [0.3, 0.4) is 0 Å². The molecule has 1 heterocycles. The first kappa shape index (κ1) is 24.1. The number of para-hydroxylation sites is 1. The van der Waals surface area contributed by atoms with Gasteiger partial charge in [-0.2, -0.15) is 0 Å².